The summed E-state index contributed by atoms with van der Waals surface area (Å²) < 4.78 is 76.8. The minimum atomic E-state index is -4.96. The van der Waals surface area contributed by atoms with Crippen LogP contribution in [0.2, 0.25) is 0 Å². The van der Waals surface area contributed by atoms with Crippen molar-refractivity contribution in [3.05, 3.63) is 51.7 Å². The summed E-state index contributed by atoms with van der Waals surface area (Å²) in [4.78, 5) is 14.5. The fourth-order valence-corrected chi connectivity index (χ4v) is 2.98. The lowest BCUT2D eigenvalue weighted by Crippen LogP contribution is -2.29. The highest BCUT2D eigenvalue weighted by molar-refractivity contribution is 7.09. The molecule has 2 aromatic rings. The Morgan fingerprint density at radius 1 is 1.08 bits per heavy atom. The molecule has 0 aliphatic carbocycles. The van der Waals surface area contributed by atoms with Crippen molar-refractivity contribution in [2.24, 2.45) is 0 Å². The number of thiophene rings is 1. The Bertz CT molecular complexity index is 723. The first-order valence-electron chi connectivity index (χ1n) is 7.25. The number of likely N-dealkylation sites (N-methyl/N-ethyl adjacent to an activating group) is 1. The molecule has 3 nitrogen and oxygen atoms in total. The molecule has 0 saturated carbocycles. The quantitative estimate of drug-likeness (QED) is 0.733. The molecule has 26 heavy (non-hydrogen) atoms. The van der Waals surface area contributed by atoms with Crippen LogP contribution in [-0.2, 0) is 23.7 Å². The third-order valence-electron chi connectivity index (χ3n) is 3.29. The first-order chi connectivity index (χ1) is 11.9. The number of carbonyl (C=O) groups excluding carboxylic acids is 1. The smallest absolute Gasteiger partial charge is 0.325 e. The number of nitrogens with one attached hydrogen (secondary N) is 1. The van der Waals surface area contributed by atoms with E-state index in [2.05, 4.69) is 5.32 Å². The van der Waals surface area contributed by atoms with Crippen LogP contribution in [0, 0.1) is 0 Å². The number of benzene rings is 1. The van der Waals surface area contributed by atoms with Gasteiger partial charge in [0.2, 0.25) is 5.91 Å². The van der Waals surface area contributed by atoms with Gasteiger partial charge in [-0.25, -0.2) is 0 Å². The van der Waals surface area contributed by atoms with Crippen LogP contribution in [0.4, 0.5) is 32.0 Å². The normalized spacial score (nSPS) is 12.5. The Hall–Kier alpha value is -2.07. The van der Waals surface area contributed by atoms with Crippen LogP contribution in [0.15, 0.2) is 35.7 Å². The topological polar surface area (TPSA) is 32.3 Å². The van der Waals surface area contributed by atoms with Gasteiger partial charge in [-0.15, -0.1) is 11.3 Å². The fourth-order valence-electron chi connectivity index (χ4n) is 2.20. The molecule has 1 amide bonds. The molecule has 0 spiro atoms. The summed E-state index contributed by atoms with van der Waals surface area (Å²) in [6.07, 6.45) is -9.92. The predicted octanol–water partition coefficient (Wildman–Crippen LogP) is 4.86. The van der Waals surface area contributed by atoms with Gasteiger partial charge in [-0.05, 0) is 36.7 Å². The van der Waals surface area contributed by atoms with E-state index in [-0.39, 0.29) is 12.6 Å². The zero-order chi connectivity index (χ0) is 19.5. The lowest BCUT2D eigenvalue weighted by atomic mass is 10.1. The molecule has 1 N–H and O–H groups in total. The van der Waals surface area contributed by atoms with Crippen molar-refractivity contribution in [2.75, 3.05) is 18.9 Å². The van der Waals surface area contributed by atoms with E-state index in [9.17, 15) is 31.1 Å². The number of hydrogen-bond acceptors (Lipinski definition) is 3. The Balaban J connectivity index is 2.13. The molecule has 0 radical (unpaired) electrons. The first-order valence-corrected chi connectivity index (χ1v) is 8.13. The van der Waals surface area contributed by atoms with Gasteiger partial charge < -0.3 is 5.32 Å². The van der Waals surface area contributed by atoms with E-state index in [1.165, 1.54) is 11.3 Å². The van der Waals surface area contributed by atoms with E-state index in [0.29, 0.717) is 18.7 Å². The van der Waals surface area contributed by atoms with Gasteiger partial charge in [0.1, 0.15) is 0 Å². The lowest BCUT2D eigenvalue weighted by molar-refractivity contribution is -0.143. The van der Waals surface area contributed by atoms with Crippen molar-refractivity contribution >= 4 is 22.9 Å². The molecule has 0 fully saturated rings. The van der Waals surface area contributed by atoms with Crippen LogP contribution in [0.1, 0.15) is 16.0 Å². The maximum absolute atomic E-state index is 12.8. The Labute approximate surface area is 149 Å². The minimum absolute atomic E-state index is 0.0125. The largest absolute Gasteiger partial charge is 0.416 e. The molecule has 0 bridgehead atoms. The van der Waals surface area contributed by atoms with E-state index in [1.807, 2.05) is 17.5 Å². The van der Waals surface area contributed by atoms with Gasteiger partial charge in [0.25, 0.3) is 0 Å². The third kappa shape index (κ3) is 5.73. The molecule has 0 aliphatic rings. The van der Waals surface area contributed by atoms with Crippen molar-refractivity contribution in [2.45, 2.75) is 18.9 Å². The molecule has 2 rings (SSSR count). The summed E-state index contributed by atoms with van der Waals surface area (Å²) in [5, 5.41) is 3.95. The number of hydrogen-bond donors (Lipinski definition) is 1. The zero-order valence-electron chi connectivity index (χ0n) is 13.4. The monoisotopic (exact) mass is 396 g/mol. The number of nitrogens with zero attached hydrogens (tertiary/aromatic N) is 1. The standard InChI is InChI=1S/C16H14F6N2OS/c1-24(8-13-3-2-4-26-13)9-14(25)23-12-6-10(15(17,18)19)5-11(7-12)16(20,21)22/h2-7H,8-9H2,1H3,(H,23,25). The van der Waals surface area contributed by atoms with Crippen LogP contribution < -0.4 is 5.32 Å². The van der Waals surface area contributed by atoms with Gasteiger partial charge in [0, 0.05) is 17.1 Å². The predicted molar refractivity (Wildman–Crippen MR) is 85.7 cm³/mol. The molecule has 0 saturated heterocycles. The van der Waals surface area contributed by atoms with E-state index in [4.69, 9.17) is 0 Å². The number of amides is 1. The van der Waals surface area contributed by atoms with Crippen molar-refractivity contribution in [3.8, 4) is 0 Å². The van der Waals surface area contributed by atoms with E-state index in [1.54, 1.807) is 11.9 Å². The highest BCUT2D eigenvalue weighted by Gasteiger charge is 2.37. The van der Waals surface area contributed by atoms with E-state index < -0.39 is 35.1 Å². The third-order valence-corrected chi connectivity index (χ3v) is 4.15. The Morgan fingerprint density at radius 2 is 1.65 bits per heavy atom. The summed E-state index contributed by atoms with van der Waals surface area (Å²) in [6.45, 7) is 0.247. The van der Waals surface area contributed by atoms with Crippen LogP contribution >= 0.6 is 11.3 Å². The number of carbonyl (C=O) groups is 1. The summed E-state index contributed by atoms with van der Waals surface area (Å²) in [5.41, 5.74) is -3.51. The SMILES string of the molecule is CN(CC(=O)Nc1cc(C(F)(F)F)cc(C(F)(F)F)c1)Cc1cccs1. The van der Waals surface area contributed by atoms with Crippen molar-refractivity contribution in [1.82, 2.24) is 4.90 Å². The van der Waals surface area contributed by atoms with Crippen LogP contribution in [0.5, 0.6) is 0 Å². The van der Waals surface area contributed by atoms with Gasteiger partial charge in [-0.3, -0.25) is 9.69 Å². The van der Waals surface area contributed by atoms with Gasteiger partial charge in [-0.1, -0.05) is 6.07 Å². The molecule has 142 valence electrons. The molecular formula is C16H14F6N2OS. The van der Waals surface area contributed by atoms with Gasteiger partial charge in [0.15, 0.2) is 0 Å². The van der Waals surface area contributed by atoms with Crippen LogP contribution in [0.25, 0.3) is 0 Å². The summed E-state index contributed by atoms with van der Waals surface area (Å²) in [5.74, 6) is -0.712. The summed E-state index contributed by atoms with van der Waals surface area (Å²) in [6, 6.07) is 4.65. The second-order valence-electron chi connectivity index (χ2n) is 5.59. The lowest BCUT2D eigenvalue weighted by Gasteiger charge is -2.17. The van der Waals surface area contributed by atoms with Gasteiger partial charge >= 0.3 is 12.4 Å². The zero-order valence-corrected chi connectivity index (χ0v) is 14.2. The highest BCUT2D eigenvalue weighted by Crippen LogP contribution is 2.37. The number of halogens is 6. The molecule has 1 aromatic carbocycles. The maximum Gasteiger partial charge on any atom is 0.416 e. The van der Waals surface area contributed by atoms with Crippen molar-refractivity contribution in [1.29, 1.82) is 0 Å². The van der Waals surface area contributed by atoms with Crippen molar-refractivity contribution in [3.63, 3.8) is 0 Å². The Kier molecular flexibility index (Phi) is 5.97. The van der Waals surface area contributed by atoms with Crippen LogP contribution in [-0.4, -0.2) is 24.4 Å². The number of rotatable bonds is 5. The molecule has 0 unspecified atom stereocenters. The van der Waals surface area contributed by atoms with Gasteiger partial charge in [0.05, 0.1) is 17.7 Å². The highest BCUT2D eigenvalue weighted by atomic mass is 32.1. The second-order valence-corrected chi connectivity index (χ2v) is 6.63. The fraction of sp³-hybridized carbons (Fsp3) is 0.312. The summed E-state index contributed by atoms with van der Waals surface area (Å²) in [7, 11) is 1.62. The summed E-state index contributed by atoms with van der Waals surface area (Å²) >= 11 is 1.47. The van der Waals surface area contributed by atoms with Crippen molar-refractivity contribution < 1.29 is 31.1 Å². The first kappa shape index (κ1) is 20.2. The van der Waals surface area contributed by atoms with E-state index in [0.717, 1.165) is 4.88 Å². The molecule has 0 atom stereocenters. The van der Waals surface area contributed by atoms with E-state index >= 15 is 0 Å². The average Bonchev–Trinajstić information content (AvgIpc) is 2.97. The average molecular weight is 396 g/mol. The molecule has 1 heterocycles. The van der Waals surface area contributed by atoms with Gasteiger partial charge in [-0.2, -0.15) is 26.3 Å². The molecular weight excluding hydrogens is 382 g/mol. The Morgan fingerprint density at radius 3 is 2.12 bits per heavy atom. The second kappa shape index (κ2) is 7.67. The molecule has 1 aromatic heterocycles. The van der Waals surface area contributed by atoms with Crippen LogP contribution in [0.3, 0.4) is 0 Å². The molecule has 0 aliphatic heterocycles. The minimum Gasteiger partial charge on any atom is -0.325 e. The molecule has 10 heteroatoms. The maximum atomic E-state index is 12.8. The number of alkyl halides is 6. The number of anilines is 1.